The number of ether oxygens (including phenoxy) is 1. The number of amides is 1. The topological polar surface area (TPSA) is 58.6 Å². The van der Waals surface area contributed by atoms with Crippen LogP contribution in [0.4, 0.5) is 0 Å². The van der Waals surface area contributed by atoms with E-state index in [1.54, 1.807) is 37.4 Å². The Morgan fingerprint density at radius 3 is 2.47 bits per heavy atom. The van der Waals surface area contributed by atoms with Gasteiger partial charge in [0.05, 0.1) is 13.2 Å². The summed E-state index contributed by atoms with van der Waals surface area (Å²) in [5, 5.41) is 15.8. The minimum absolute atomic E-state index is 0.144. The predicted octanol–water partition coefficient (Wildman–Crippen LogP) is 5.38. The average molecular weight is 397 g/mol. The van der Waals surface area contributed by atoms with Gasteiger partial charge in [0.15, 0.2) is 0 Å². The SMILES string of the molecule is COc1cccc(C(=O)NC(c2ccc(C)cc2)c2c(O)ccc3ccccc23)c1. The molecule has 0 saturated heterocycles. The smallest absolute Gasteiger partial charge is 0.252 e. The van der Waals surface area contributed by atoms with Gasteiger partial charge < -0.3 is 15.2 Å². The number of phenolic OH excluding ortho intramolecular Hbond substituents is 1. The summed E-state index contributed by atoms with van der Waals surface area (Å²) in [4.78, 5) is 13.1. The van der Waals surface area contributed by atoms with Crippen molar-refractivity contribution in [2.24, 2.45) is 0 Å². The van der Waals surface area contributed by atoms with Crippen LogP contribution in [0.5, 0.6) is 11.5 Å². The highest BCUT2D eigenvalue weighted by molar-refractivity contribution is 5.96. The number of aryl methyl sites for hydroxylation is 1. The number of hydrogen-bond acceptors (Lipinski definition) is 3. The second kappa shape index (κ2) is 8.29. The summed E-state index contributed by atoms with van der Waals surface area (Å²) in [6, 6.07) is 25.9. The van der Waals surface area contributed by atoms with Gasteiger partial charge in [0.1, 0.15) is 11.5 Å². The minimum atomic E-state index is -0.518. The van der Waals surface area contributed by atoms with Crippen LogP contribution in [0.25, 0.3) is 10.8 Å². The molecule has 4 aromatic carbocycles. The van der Waals surface area contributed by atoms with Crippen molar-refractivity contribution in [2.45, 2.75) is 13.0 Å². The van der Waals surface area contributed by atoms with E-state index in [4.69, 9.17) is 4.74 Å². The zero-order chi connectivity index (χ0) is 21.1. The lowest BCUT2D eigenvalue weighted by atomic mass is 9.92. The monoisotopic (exact) mass is 397 g/mol. The van der Waals surface area contributed by atoms with Gasteiger partial charge in [-0.2, -0.15) is 0 Å². The molecule has 0 aliphatic rings. The van der Waals surface area contributed by atoms with E-state index in [-0.39, 0.29) is 11.7 Å². The second-order valence-electron chi connectivity index (χ2n) is 7.27. The average Bonchev–Trinajstić information content (AvgIpc) is 2.78. The fourth-order valence-electron chi connectivity index (χ4n) is 3.65. The number of phenols is 1. The third kappa shape index (κ3) is 3.85. The zero-order valence-corrected chi connectivity index (χ0v) is 16.9. The second-order valence-corrected chi connectivity index (χ2v) is 7.27. The van der Waals surface area contributed by atoms with E-state index in [1.807, 2.05) is 61.5 Å². The van der Waals surface area contributed by atoms with Crippen molar-refractivity contribution < 1.29 is 14.6 Å². The van der Waals surface area contributed by atoms with Crippen molar-refractivity contribution in [3.05, 3.63) is 107 Å². The largest absolute Gasteiger partial charge is 0.508 e. The van der Waals surface area contributed by atoms with Crippen molar-refractivity contribution in [3.63, 3.8) is 0 Å². The Balaban J connectivity index is 1.83. The molecule has 1 amide bonds. The standard InChI is InChI=1S/C26H23NO3/c1-17-10-12-19(13-11-17)25(27-26(29)20-7-5-8-21(16-20)30-2)24-22-9-4-3-6-18(22)14-15-23(24)28/h3-16,25,28H,1-2H3,(H,27,29). The van der Waals surface area contributed by atoms with E-state index in [9.17, 15) is 9.90 Å². The van der Waals surface area contributed by atoms with Crippen LogP contribution in [0, 0.1) is 6.92 Å². The van der Waals surface area contributed by atoms with Crippen molar-refractivity contribution in [3.8, 4) is 11.5 Å². The van der Waals surface area contributed by atoms with Crippen molar-refractivity contribution in [1.29, 1.82) is 0 Å². The van der Waals surface area contributed by atoms with E-state index >= 15 is 0 Å². The first kappa shape index (κ1) is 19.5. The number of carbonyl (C=O) groups excluding carboxylic acids is 1. The quantitative estimate of drug-likeness (QED) is 0.475. The van der Waals surface area contributed by atoms with Gasteiger partial charge in [0, 0.05) is 11.1 Å². The molecule has 0 aliphatic heterocycles. The molecule has 30 heavy (non-hydrogen) atoms. The van der Waals surface area contributed by atoms with Gasteiger partial charge in [-0.1, -0.05) is 66.2 Å². The van der Waals surface area contributed by atoms with Crippen LogP contribution in [0.15, 0.2) is 84.9 Å². The molecule has 0 bridgehead atoms. The lowest BCUT2D eigenvalue weighted by molar-refractivity contribution is 0.0942. The van der Waals surface area contributed by atoms with Crippen LogP contribution < -0.4 is 10.1 Å². The summed E-state index contributed by atoms with van der Waals surface area (Å²) >= 11 is 0. The minimum Gasteiger partial charge on any atom is -0.508 e. The molecular formula is C26H23NO3. The van der Waals surface area contributed by atoms with E-state index in [1.165, 1.54) is 0 Å². The van der Waals surface area contributed by atoms with E-state index in [0.29, 0.717) is 16.9 Å². The first-order valence-corrected chi connectivity index (χ1v) is 9.79. The van der Waals surface area contributed by atoms with Crippen LogP contribution >= 0.6 is 0 Å². The summed E-state index contributed by atoms with van der Waals surface area (Å²) in [7, 11) is 1.57. The molecule has 4 rings (SSSR count). The number of hydrogen-bond donors (Lipinski definition) is 2. The predicted molar refractivity (Wildman–Crippen MR) is 119 cm³/mol. The fraction of sp³-hybridized carbons (Fsp3) is 0.115. The Hall–Kier alpha value is -3.79. The molecule has 1 atom stereocenters. The van der Waals surface area contributed by atoms with Crippen molar-refractivity contribution in [1.82, 2.24) is 5.32 Å². The van der Waals surface area contributed by atoms with Crippen LogP contribution in [0.3, 0.4) is 0 Å². The molecule has 4 nitrogen and oxygen atoms in total. The van der Waals surface area contributed by atoms with Gasteiger partial charge in [-0.15, -0.1) is 0 Å². The first-order chi connectivity index (χ1) is 14.6. The third-order valence-corrected chi connectivity index (χ3v) is 5.25. The van der Waals surface area contributed by atoms with Crippen molar-refractivity contribution >= 4 is 16.7 Å². The Kier molecular flexibility index (Phi) is 5.40. The summed E-state index contributed by atoms with van der Waals surface area (Å²) in [6.45, 7) is 2.02. The zero-order valence-electron chi connectivity index (χ0n) is 16.9. The number of aromatic hydroxyl groups is 1. The number of benzene rings is 4. The molecule has 0 aromatic heterocycles. The summed E-state index contributed by atoms with van der Waals surface area (Å²) in [6.07, 6.45) is 0. The van der Waals surface area contributed by atoms with E-state index < -0.39 is 6.04 Å². The molecule has 4 heteroatoms. The van der Waals surface area contributed by atoms with Gasteiger partial charge in [0.2, 0.25) is 0 Å². The van der Waals surface area contributed by atoms with Crippen LogP contribution in [0.2, 0.25) is 0 Å². The molecule has 0 heterocycles. The maximum Gasteiger partial charge on any atom is 0.252 e. The number of fused-ring (bicyclic) bond motifs is 1. The Bertz CT molecular complexity index is 1200. The summed E-state index contributed by atoms with van der Waals surface area (Å²) in [5.41, 5.74) is 3.18. The number of methoxy groups -OCH3 is 1. The molecule has 0 aliphatic carbocycles. The Labute approximate surface area is 175 Å². The van der Waals surface area contributed by atoms with Gasteiger partial charge in [-0.3, -0.25) is 4.79 Å². The number of carbonyl (C=O) groups is 1. The van der Waals surface area contributed by atoms with Crippen LogP contribution in [-0.4, -0.2) is 18.1 Å². The Morgan fingerprint density at radius 2 is 1.70 bits per heavy atom. The van der Waals surface area contributed by atoms with Gasteiger partial charge >= 0.3 is 0 Å². The van der Waals surface area contributed by atoms with E-state index in [0.717, 1.165) is 21.9 Å². The van der Waals surface area contributed by atoms with Crippen LogP contribution in [-0.2, 0) is 0 Å². The van der Waals surface area contributed by atoms with Crippen LogP contribution in [0.1, 0.15) is 33.1 Å². The normalized spacial score (nSPS) is 11.8. The van der Waals surface area contributed by atoms with Gasteiger partial charge in [-0.25, -0.2) is 0 Å². The molecule has 2 N–H and O–H groups in total. The highest BCUT2D eigenvalue weighted by Crippen LogP contribution is 2.36. The van der Waals surface area contributed by atoms with Gasteiger partial charge in [-0.05, 0) is 47.5 Å². The highest BCUT2D eigenvalue weighted by atomic mass is 16.5. The molecular weight excluding hydrogens is 374 g/mol. The molecule has 0 spiro atoms. The lowest BCUT2D eigenvalue weighted by Gasteiger charge is -2.23. The molecule has 4 aromatic rings. The molecule has 150 valence electrons. The Morgan fingerprint density at radius 1 is 0.933 bits per heavy atom. The maximum absolute atomic E-state index is 13.1. The highest BCUT2D eigenvalue weighted by Gasteiger charge is 2.23. The fourth-order valence-corrected chi connectivity index (χ4v) is 3.65. The lowest BCUT2D eigenvalue weighted by Crippen LogP contribution is -2.29. The molecule has 0 radical (unpaired) electrons. The molecule has 0 fully saturated rings. The first-order valence-electron chi connectivity index (χ1n) is 9.79. The van der Waals surface area contributed by atoms with Crippen molar-refractivity contribution in [2.75, 3.05) is 7.11 Å². The summed E-state index contributed by atoms with van der Waals surface area (Å²) in [5.74, 6) is 0.513. The maximum atomic E-state index is 13.1. The number of nitrogens with one attached hydrogen (secondary N) is 1. The third-order valence-electron chi connectivity index (χ3n) is 5.25. The van der Waals surface area contributed by atoms with Gasteiger partial charge in [0.25, 0.3) is 5.91 Å². The number of rotatable bonds is 5. The summed E-state index contributed by atoms with van der Waals surface area (Å²) < 4.78 is 5.25. The van der Waals surface area contributed by atoms with E-state index in [2.05, 4.69) is 5.32 Å². The molecule has 0 saturated carbocycles. The molecule has 1 unspecified atom stereocenters.